The van der Waals surface area contributed by atoms with E-state index in [1.165, 1.54) is 0 Å². The Morgan fingerprint density at radius 3 is 2.38 bits per heavy atom. The number of hydrogen-bond donors (Lipinski definition) is 1. The van der Waals surface area contributed by atoms with Gasteiger partial charge in [0, 0.05) is 0 Å². The lowest BCUT2D eigenvalue weighted by Crippen LogP contribution is -2.38. The Bertz CT molecular complexity index is 557. The van der Waals surface area contributed by atoms with E-state index in [9.17, 15) is 22.8 Å². The molecule has 1 fully saturated rings. The van der Waals surface area contributed by atoms with E-state index in [1.807, 2.05) is 11.0 Å². The van der Waals surface area contributed by atoms with Gasteiger partial charge in [0.25, 0.3) is 5.91 Å². The van der Waals surface area contributed by atoms with Gasteiger partial charge in [0.1, 0.15) is 12.6 Å². The van der Waals surface area contributed by atoms with Crippen LogP contribution in [-0.4, -0.2) is 49.2 Å². The normalized spacial score (nSPS) is 16.6. The average Bonchev–Trinajstić information content (AvgIpc) is 3.05. The van der Waals surface area contributed by atoms with Crippen molar-refractivity contribution >= 4 is 11.9 Å². The first-order valence-corrected chi connectivity index (χ1v) is 7.66. The highest BCUT2D eigenvalue weighted by Gasteiger charge is 2.32. The van der Waals surface area contributed by atoms with Gasteiger partial charge in [0.2, 0.25) is 0 Å². The zero-order valence-corrected chi connectivity index (χ0v) is 13.0. The molecule has 0 unspecified atom stereocenters. The smallest absolute Gasteiger partial charge is 0.405 e. The molecule has 1 saturated heterocycles. The highest BCUT2D eigenvalue weighted by atomic mass is 19.4. The van der Waals surface area contributed by atoms with Crippen molar-refractivity contribution in [2.45, 2.75) is 25.1 Å². The summed E-state index contributed by atoms with van der Waals surface area (Å²) in [5.74, 6) is -1.61. The van der Waals surface area contributed by atoms with Crippen LogP contribution < -0.4 is 5.32 Å². The van der Waals surface area contributed by atoms with Crippen LogP contribution >= 0.6 is 0 Å². The van der Waals surface area contributed by atoms with Crippen LogP contribution in [0.2, 0.25) is 0 Å². The predicted molar refractivity (Wildman–Crippen MR) is 80.0 cm³/mol. The molecule has 1 aromatic carbocycles. The second-order valence-electron chi connectivity index (χ2n) is 5.56. The summed E-state index contributed by atoms with van der Waals surface area (Å²) in [7, 11) is 0. The van der Waals surface area contributed by atoms with Gasteiger partial charge in [-0.15, -0.1) is 0 Å². The molecule has 1 N–H and O–H groups in total. The third kappa shape index (κ3) is 5.52. The third-order valence-electron chi connectivity index (χ3n) is 3.68. The quantitative estimate of drug-likeness (QED) is 0.803. The molecule has 2 rings (SSSR count). The fourth-order valence-electron chi connectivity index (χ4n) is 2.60. The maximum Gasteiger partial charge on any atom is 0.405 e. The molecule has 0 aromatic heterocycles. The van der Waals surface area contributed by atoms with E-state index in [1.54, 1.807) is 29.6 Å². The van der Waals surface area contributed by atoms with Crippen LogP contribution in [0.5, 0.6) is 0 Å². The number of esters is 1. The van der Waals surface area contributed by atoms with Gasteiger partial charge in [-0.3, -0.25) is 9.69 Å². The summed E-state index contributed by atoms with van der Waals surface area (Å²) in [5, 5.41) is 1.67. The summed E-state index contributed by atoms with van der Waals surface area (Å²) in [6.07, 6.45) is -2.58. The lowest BCUT2D eigenvalue weighted by atomic mass is 10.1. The minimum atomic E-state index is -4.50. The average molecular weight is 344 g/mol. The second kappa shape index (κ2) is 8.14. The van der Waals surface area contributed by atoms with E-state index in [2.05, 4.69) is 0 Å². The lowest BCUT2D eigenvalue weighted by molar-refractivity contribution is -0.155. The highest BCUT2D eigenvalue weighted by molar-refractivity contribution is 5.83. The molecule has 5 nitrogen and oxygen atoms in total. The fraction of sp³-hybridized carbons (Fsp3) is 0.500. The minimum absolute atomic E-state index is 0.634. The Morgan fingerprint density at radius 2 is 1.79 bits per heavy atom. The number of carbonyl (C=O) groups is 2. The van der Waals surface area contributed by atoms with Crippen molar-refractivity contribution in [3.8, 4) is 0 Å². The number of rotatable bonds is 6. The van der Waals surface area contributed by atoms with Crippen molar-refractivity contribution in [1.82, 2.24) is 10.2 Å². The first-order valence-electron chi connectivity index (χ1n) is 7.66. The second-order valence-corrected chi connectivity index (χ2v) is 5.56. The number of halogens is 3. The van der Waals surface area contributed by atoms with Crippen LogP contribution in [0, 0.1) is 0 Å². The van der Waals surface area contributed by atoms with Crippen molar-refractivity contribution in [1.29, 1.82) is 0 Å². The Hall–Kier alpha value is -2.09. The van der Waals surface area contributed by atoms with Crippen LogP contribution in [0.15, 0.2) is 30.3 Å². The molecule has 8 heteroatoms. The summed E-state index contributed by atoms with van der Waals surface area (Å²) in [4.78, 5) is 25.7. The fourth-order valence-corrected chi connectivity index (χ4v) is 2.60. The summed E-state index contributed by atoms with van der Waals surface area (Å²) in [6, 6.07) is 8.33. The zero-order valence-electron chi connectivity index (χ0n) is 13.0. The number of carbonyl (C=O) groups excluding carboxylic acids is 2. The number of nitrogens with zero attached hydrogens (tertiary/aromatic N) is 1. The van der Waals surface area contributed by atoms with Crippen molar-refractivity contribution in [3.63, 3.8) is 0 Å². The Morgan fingerprint density at radius 1 is 1.17 bits per heavy atom. The van der Waals surface area contributed by atoms with E-state index in [0.717, 1.165) is 31.5 Å². The molecule has 0 saturated carbocycles. The molecule has 1 heterocycles. The number of amides is 1. The van der Waals surface area contributed by atoms with E-state index in [0.29, 0.717) is 0 Å². The molecule has 1 amide bonds. The van der Waals surface area contributed by atoms with E-state index >= 15 is 0 Å². The topological polar surface area (TPSA) is 58.6 Å². The van der Waals surface area contributed by atoms with Gasteiger partial charge in [0.05, 0.1) is 0 Å². The summed E-state index contributed by atoms with van der Waals surface area (Å²) >= 11 is 0. The van der Waals surface area contributed by atoms with Crippen LogP contribution in [-0.2, 0) is 14.3 Å². The van der Waals surface area contributed by atoms with Gasteiger partial charge in [-0.05, 0) is 31.5 Å². The summed E-state index contributed by atoms with van der Waals surface area (Å²) in [5.41, 5.74) is 0.736. The number of alkyl halides is 3. The van der Waals surface area contributed by atoms with Crippen LogP contribution in [0.4, 0.5) is 13.2 Å². The van der Waals surface area contributed by atoms with Crippen molar-refractivity contribution in [2.75, 3.05) is 26.2 Å². The first-order chi connectivity index (χ1) is 11.4. The van der Waals surface area contributed by atoms with Gasteiger partial charge in [-0.1, -0.05) is 30.3 Å². The lowest BCUT2D eigenvalue weighted by Gasteiger charge is -2.26. The minimum Gasteiger partial charge on any atom is -0.454 e. The molecular weight excluding hydrogens is 325 g/mol. The van der Waals surface area contributed by atoms with Gasteiger partial charge < -0.3 is 10.1 Å². The van der Waals surface area contributed by atoms with Crippen molar-refractivity contribution < 1.29 is 27.5 Å². The predicted octanol–water partition coefficient (Wildman–Crippen LogP) is 2.05. The van der Waals surface area contributed by atoms with Crippen LogP contribution in [0.1, 0.15) is 24.4 Å². The van der Waals surface area contributed by atoms with Crippen LogP contribution in [0.3, 0.4) is 0 Å². The zero-order chi connectivity index (χ0) is 17.6. The van der Waals surface area contributed by atoms with Crippen LogP contribution in [0.25, 0.3) is 0 Å². The third-order valence-corrected chi connectivity index (χ3v) is 3.68. The molecule has 1 aliphatic rings. The van der Waals surface area contributed by atoms with Gasteiger partial charge in [-0.25, -0.2) is 4.79 Å². The molecular formula is C16H19F3N2O3. The number of nitrogens with one attached hydrogen (secondary N) is 1. The van der Waals surface area contributed by atoms with E-state index in [4.69, 9.17) is 4.74 Å². The highest BCUT2D eigenvalue weighted by Crippen LogP contribution is 2.26. The first kappa shape index (κ1) is 18.3. The number of likely N-dealkylation sites (tertiary alicyclic amines) is 1. The van der Waals surface area contributed by atoms with E-state index < -0.39 is 37.2 Å². The number of ether oxygens (including phenoxy) is 1. The Balaban J connectivity index is 1.94. The summed E-state index contributed by atoms with van der Waals surface area (Å²) < 4.78 is 41.1. The summed E-state index contributed by atoms with van der Waals surface area (Å²) in [6.45, 7) is -0.715. The SMILES string of the molecule is O=C(COC(=O)[C@@H](c1ccccc1)N1CCCC1)NCC(F)(F)F. The van der Waals surface area contributed by atoms with Gasteiger partial charge >= 0.3 is 12.1 Å². The Labute approximate surface area is 137 Å². The number of hydrogen-bond acceptors (Lipinski definition) is 4. The Kier molecular flexibility index (Phi) is 6.19. The standard InChI is InChI=1S/C16H19F3N2O3/c17-16(18,19)11-20-13(22)10-24-15(23)14(21-8-4-5-9-21)12-6-2-1-3-7-12/h1-3,6-7,14H,4-5,8-11H2,(H,20,22)/t14-/m1/s1. The molecule has 0 aliphatic carbocycles. The maximum absolute atomic E-state index is 12.4. The van der Waals surface area contributed by atoms with Gasteiger partial charge in [-0.2, -0.15) is 13.2 Å². The maximum atomic E-state index is 12.4. The molecule has 132 valence electrons. The monoisotopic (exact) mass is 344 g/mol. The largest absolute Gasteiger partial charge is 0.454 e. The molecule has 24 heavy (non-hydrogen) atoms. The molecule has 0 bridgehead atoms. The number of benzene rings is 1. The van der Waals surface area contributed by atoms with Crippen molar-refractivity contribution in [2.24, 2.45) is 0 Å². The molecule has 1 atom stereocenters. The van der Waals surface area contributed by atoms with Gasteiger partial charge in [0.15, 0.2) is 6.61 Å². The molecule has 0 spiro atoms. The van der Waals surface area contributed by atoms with E-state index in [-0.39, 0.29) is 0 Å². The van der Waals surface area contributed by atoms with Crippen molar-refractivity contribution in [3.05, 3.63) is 35.9 Å². The molecule has 0 radical (unpaired) electrons. The molecule has 1 aromatic rings. The molecule has 1 aliphatic heterocycles.